The van der Waals surface area contributed by atoms with E-state index in [9.17, 15) is 0 Å². The van der Waals surface area contributed by atoms with Crippen LogP contribution in [-0.4, -0.2) is 44.8 Å². The zero-order valence-corrected chi connectivity index (χ0v) is 25.4. The lowest BCUT2D eigenvalue weighted by atomic mass is 10.3. The average Bonchev–Trinajstić information content (AvgIpc) is 3.49. The van der Waals surface area contributed by atoms with E-state index in [0.717, 1.165) is 41.6 Å². The van der Waals surface area contributed by atoms with Crippen LogP contribution in [0.15, 0.2) is 57.2 Å². The van der Waals surface area contributed by atoms with Crippen molar-refractivity contribution in [2.75, 3.05) is 26.2 Å². The Morgan fingerprint density at radius 1 is 0.583 bits per heavy atom. The Bertz CT molecular complexity index is 1060. The van der Waals surface area contributed by atoms with E-state index in [4.69, 9.17) is 4.98 Å². The van der Waals surface area contributed by atoms with Gasteiger partial charge >= 0.3 is 0 Å². The fraction of sp³-hybridized carbons (Fsp3) is 0.500. The highest BCUT2D eigenvalue weighted by Crippen LogP contribution is 2.32. The predicted octanol–water partition coefficient (Wildman–Crippen LogP) is 9.63. The van der Waals surface area contributed by atoms with Crippen molar-refractivity contribution in [1.29, 1.82) is 0 Å². The summed E-state index contributed by atoms with van der Waals surface area (Å²) in [4.78, 5) is 9.37. The second-order valence-electron chi connectivity index (χ2n) is 8.64. The Balaban J connectivity index is 0.000000202. The van der Waals surface area contributed by atoms with Gasteiger partial charge in [-0.15, -0.1) is 22.7 Å². The molecule has 0 unspecified atom stereocenters. The largest absolute Gasteiger partial charge is 0.244 e. The number of para-hydroxylation sites is 2. The molecule has 0 spiro atoms. The van der Waals surface area contributed by atoms with E-state index < -0.39 is 0 Å². The minimum absolute atomic E-state index is 1.12. The van der Waals surface area contributed by atoms with Crippen LogP contribution in [0.2, 0.25) is 0 Å². The number of thiazole rings is 2. The summed E-state index contributed by atoms with van der Waals surface area (Å²) in [6, 6.07) is 16.7. The van der Waals surface area contributed by atoms with E-state index >= 15 is 0 Å². The molecule has 0 aliphatic rings. The van der Waals surface area contributed by atoms with Gasteiger partial charge in [-0.2, -0.15) is 0 Å². The molecule has 4 aromatic rings. The van der Waals surface area contributed by atoms with Crippen molar-refractivity contribution in [3.8, 4) is 0 Å². The first-order valence-electron chi connectivity index (χ1n) is 13.2. The molecule has 0 amide bonds. The molecule has 0 aliphatic carbocycles. The summed E-state index contributed by atoms with van der Waals surface area (Å²) in [5.41, 5.74) is 2.24. The number of benzene rings is 2. The summed E-state index contributed by atoms with van der Waals surface area (Å²) < 4.78 is 9.79. The van der Waals surface area contributed by atoms with Gasteiger partial charge in [-0.25, -0.2) is 18.6 Å². The summed E-state index contributed by atoms with van der Waals surface area (Å²) in [6.45, 7) is 13.5. The molecule has 8 heteroatoms. The van der Waals surface area contributed by atoms with Crippen LogP contribution in [0.4, 0.5) is 0 Å². The van der Waals surface area contributed by atoms with Crippen LogP contribution in [0.3, 0.4) is 0 Å². The van der Waals surface area contributed by atoms with Gasteiger partial charge in [0, 0.05) is 26.2 Å². The van der Waals surface area contributed by atoms with Crippen molar-refractivity contribution in [3.63, 3.8) is 0 Å². The standard InChI is InChI=1S/C15H22N2S2.C13H18N2S2/c1-3-5-11-17(12-6-4-2)19-15-16-13-9-7-8-10-14(13)18-15;1-3-9-15(10-4-2)17-13-14-11-7-5-6-8-12(11)16-13/h7-10H,3-6,11-12H2,1-2H3;5-8H,3-4,9-10H2,1-2H3. The molecule has 0 N–H and O–H groups in total. The van der Waals surface area contributed by atoms with Gasteiger partial charge in [-0.1, -0.05) is 64.8 Å². The molecule has 4 rings (SSSR count). The van der Waals surface area contributed by atoms with E-state index in [2.05, 4.69) is 83.8 Å². The minimum atomic E-state index is 1.12. The summed E-state index contributed by atoms with van der Waals surface area (Å²) in [7, 11) is 0. The Labute approximate surface area is 234 Å². The average molecular weight is 561 g/mol. The molecule has 4 nitrogen and oxygen atoms in total. The molecule has 0 aliphatic heterocycles. The predicted molar refractivity (Wildman–Crippen MR) is 164 cm³/mol. The minimum Gasteiger partial charge on any atom is -0.244 e. The maximum absolute atomic E-state index is 4.71. The summed E-state index contributed by atoms with van der Waals surface area (Å²) in [5.74, 6) is 0. The van der Waals surface area contributed by atoms with Crippen LogP contribution in [0.1, 0.15) is 66.2 Å². The van der Waals surface area contributed by atoms with E-state index in [1.165, 1.54) is 52.3 Å². The van der Waals surface area contributed by atoms with Crippen LogP contribution in [0.25, 0.3) is 20.4 Å². The molecule has 0 atom stereocenters. The lowest BCUT2D eigenvalue weighted by molar-refractivity contribution is 0.444. The van der Waals surface area contributed by atoms with Crippen molar-refractivity contribution in [2.24, 2.45) is 0 Å². The van der Waals surface area contributed by atoms with Crippen LogP contribution in [-0.2, 0) is 0 Å². The van der Waals surface area contributed by atoms with Crippen molar-refractivity contribution in [2.45, 2.75) is 74.9 Å². The van der Waals surface area contributed by atoms with E-state index in [1.807, 2.05) is 18.0 Å². The van der Waals surface area contributed by atoms with Crippen molar-refractivity contribution >= 4 is 67.0 Å². The van der Waals surface area contributed by atoms with Gasteiger partial charge < -0.3 is 0 Å². The van der Waals surface area contributed by atoms with Gasteiger partial charge in [0.15, 0.2) is 8.68 Å². The van der Waals surface area contributed by atoms with Gasteiger partial charge in [0.25, 0.3) is 0 Å². The smallest absolute Gasteiger partial charge is 0.166 e. The quantitative estimate of drug-likeness (QED) is 0.143. The SMILES string of the molecule is CCCCN(CCCC)Sc1nc2ccccc2s1.CCCN(CCC)Sc1nc2ccccc2s1. The van der Waals surface area contributed by atoms with Gasteiger partial charge in [-0.3, -0.25) is 0 Å². The van der Waals surface area contributed by atoms with Crippen molar-refractivity contribution in [1.82, 2.24) is 18.6 Å². The number of rotatable bonds is 14. The Morgan fingerprint density at radius 2 is 1.00 bits per heavy atom. The zero-order chi connectivity index (χ0) is 25.6. The first-order valence-corrected chi connectivity index (χ1v) is 16.4. The van der Waals surface area contributed by atoms with Gasteiger partial charge in [0.2, 0.25) is 0 Å². The second-order valence-corrected chi connectivity index (χ2v) is 13.4. The van der Waals surface area contributed by atoms with Crippen LogP contribution >= 0.6 is 46.6 Å². The molecule has 36 heavy (non-hydrogen) atoms. The molecular formula is C28H40N4S4. The van der Waals surface area contributed by atoms with Crippen LogP contribution in [0, 0.1) is 0 Å². The number of hydrogen-bond acceptors (Lipinski definition) is 8. The molecule has 0 saturated carbocycles. The highest BCUT2D eigenvalue weighted by Gasteiger charge is 2.11. The maximum atomic E-state index is 4.71. The highest BCUT2D eigenvalue weighted by atomic mass is 32.2. The van der Waals surface area contributed by atoms with Gasteiger partial charge in [0.1, 0.15) is 0 Å². The molecule has 0 bridgehead atoms. The number of fused-ring (bicyclic) bond motifs is 2. The van der Waals surface area contributed by atoms with Crippen molar-refractivity contribution < 1.29 is 0 Å². The molecule has 0 radical (unpaired) electrons. The normalized spacial score (nSPS) is 11.5. The fourth-order valence-electron chi connectivity index (χ4n) is 3.58. The third kappa shape index (κ3) is 9.62. The molecule has 0 saturated heterocycles. The Kier molecular flexibility index (Phi) is 13.6. The molecule has 2 aromatic carbocycles. The topological polar surface area (TPSA) is 32.3 Å². The zero-order valence-electron chi connectivity index (χ0n) is 22.1. The molecule has 196 valence electrons. The molecule has 2 heterocycles. The monoisotopic (exact) mass is 560 g/mol. The number of nitrogens with zero attached hydrogens (tertiary/aromatic N) is 4. The van der Waals surface area contributed by atoms with Crippen molar-refractivity contribution in [3.05, 3.63) is 48.5 Å². The molecule has 0 fully saturated rings. The van der Waals surface area contributed by atoms with E-state index in [-0.39, 0.29) is 0 Å². The van der Waals surface area contributed by atoms with Gasteiger partial charge in [-0.05, 0) is 73.8 Å². The number of unbranched alkanes of at least 4 members (excludes halogenated alkanes) is 2. The van der Waals surface area contributed by atoms with Gasteiger partial charge in [0.05, 0.1) is 20.4 Å². The van der Waals surface area contributed by atoms with E-state index in [0.29, 0.717) is 0 Å². The summed E-state index contributed by atoms with van der Waals surface area (Å²) in [6.07, 6.45) is 7.42. The van der Waals surface area contributed by atoms with E-state index in [1.54, 1.807) is 34.6 Å². The molecule has 2 aromatic heterocycles. The number of hydrogen-bond donors (Lipinski definition) is 0. The lowest BCUT2D eigenvalue weighted by Gasteiger charge is -2.18. The first kappa shape index (κ1) is 29.4. The lowest BCUT2D eigenvalue weighted by Crippen LogP contribution is -2.18. The Morgan fingerprint density at radius 3 is 1.39 bits per heavy atom. The fourth-order valence-corrected chi connectivity index (χ4v) is 8.15. The Hall–Kier alpha value is -1.16. The first-order chi connectivity index (χ1) is 17.7. The second kappa shape index (κ2) is 16.6. The maximum Gasteiger partial charge on any atom is 0.166 e. The van der Waals surface area contributed by atoms with Crippen LogP contribution < -0.4 is 0 Å². The molecular weight excluding hydrogens is 521 g/mol. The summed E-state index contributed by atoms with van der Waals surface area (Å²) >= 11 is 7.23. The highest BCUT2D eigenvalue weighted by molar-refractivity contribution is 7.99. The van der Waals surface area contributed by atoms with Crippen LogP contribution in [0.5, 0.6) is 0 Å². The third-order valence-electron chi connectivity index (χ3n) is 5.43. The summed E-state index contributed by atoms with van der Waals surface area (Å²) in [5, 5.41) is 0. The third-order valence-corrected chi connectivity index (χ3v) is 9.78. The number of aromatic nitrogens is 2.